The van der Waals surface area contributed by atoms with Crippen LogP contribution in [0.2, 0.25) is 0 Å². The molecule has 0 saturated heterocycles. The lowest BCUT2D eigenvalue weighted by Gasteiger charge is -2.04. The van der Waals surface area contributed by atoms with Crippen molar-refractivity contribution in [2.24, 2.45) is 0 Å². The van der Waals surface area contributed by atoms with Gasteiger partial charge in [0, 0.05) is 15.8 Å². The maximum absolute atomic E-state index is 4.87. The first-order valence-electron chi connectivity index (χ1n) is 14.8. The lowest BCUT2D eigenvalue weighted by atomic mass is 10.2. The molecule has 45 heavy (non-hydrogen) atoms. The molecule has 7 heteroatoms. The summed E-state index contributed by atoms with van der Waals surface area (Å²) >= 11 is 3.59. The summed E-state index contributed by atoms with van der Waals surface area (Å²) in [5.41, 5.74) is 11.2. The van der Waals surface area contributed by atoms with E-state index in [1.807, 2.05) is 24.3 Å². The summed E-state index contributed by atoms with van der Waals surface area (Å²) in [5, 5.41) is 0. The molecule has 0 saturated carbocycles. The smallest absolute Gasteiger partial charge is 0.220 e. The van der Waals surface area contributed by atoms with Crippen LogP contribution < -0.4 is 0 Å². The van der Waals surface area contributed by atoms with E-state index >= 15 is 0 Å². The van der Waals surface area contributed by atoms with Gasteiger partial charge in [-0.2, -0.15) is 0 Å². The standard InChI is InChI=1S/C19H12BrN3.C19H13N3/c20-13-10-11-17-18(12-13)23-16-9-5-4-8-15(16)21-19(23)22(17)14-6-2-1-3-7-14;1-2-8-14(9-3-1)21-17-12-6-7-13-18(17)22-16-11-5-4-10-15(16)20-19(21)22/h1-12H;1-13H. The number of halogens is 1. The fourth-order valence-corrected chi connectivity index (χ4v) is 6.74. The summed E-state index contributed by atoms with van der Waals surface area (Å²) in [7, 11) is 0. The van der Waals surface area contributed by atoms with Crippen molar-refractivity contribution in [1.82, 2.24) is 27.9 Å². The molecule has 0 unspecified atom stereocenters. The molecule has 0 fully saturated rings. The highest BCUT2D eigenvalue weighted by molar-refractivity contribution is 9.10. The van der Waals surface area contributed by atoms with Crippen molar-refractivity contribution >= 4 is 71.6 Å². The van der Waals surface area contributed by atoms with E-state index in [9.17, 15) is 0 Å². The average Bonchev–Trinajstić information content (AvgIpc) is 3.82. The Morgan fingerprint density at radius 2 is 0.800 bits per heavy atom. The van der Waals surface area contributed by atoms with Gasteiger partial charge in [-0.3, -0.25) is 17.9 Å². The van der Waals surface area contributed by atoms with E-state index in [0.717, 1.165) is 60.5 Å². The monoisotopic (exact) mass is 644 g/mol. The van der Waals surface area contributed by atoms with Gasteiger partial charge in [0.2, 0.25) is 11.6 Å². The quantitative estimate of drug-likeness (QED) is 0.188. The van der Waals surface area contributed by atoms with Crippen molar-refractivity contribution in [1.29, 1.82) is 0 Å². The highest BCUT2D eigenvalue weighted by Gasteiger charge is 2.18. The van der Waals surface area contributed by atoms with E-state index in [0.29, 0.717) is 0 Å². The summed E-state index contributed by atoms with van der Waals surface area (Å²) < 4.78 is 9.95. The van der Waals surface area contributed by atoms with Crippen LogP contribution in [0.4, 0.5) is 0 Å². The Labute approximate surface area is 266 Å². The van der Waals surface area contributed by atoms with Gasteiger partial charge in [-0.05, 0) is 78.9 Å². The van der Waals surface area contributed by atoms with E-state index in [2.05, 4.69) is 161 Å². The zero-order valence-electron chi connectivity index (χ0n) is 24.0. The van der Waals surface area contributed by atoms with Crippen LogP contribution in [0.3, 0.4) is 0 Å². The Bertz CT molecular complexity index is 2660. The molecule has 0 N–H and O–H groups in total. The number of nitrogens with zero attached hydrogens (tertiary/aromatic N) is 6. The van der Waals surface area contributed by atoms with Crippen molar-refractivity contribution in [3.63, 3.8) is 0 Å². The molecule has 0 radical (unpaired) electrons. The Morgan fingerprint density at radius 1 is 0.378 bits per heavy atom. The van der Waals surface area contributed by atoms with Crippen molar-refractivity contribution in [3.8, 4) is 11.4 Å². The van der Waals surface area contributed by atoms with Crippen molar-refractivity contribution in [2.45, 2.75) is 0 Å². The second kappa shape index (κ2) is 10.2. The zero-order valence-corrected chi connectivity index (χ0v) is 25.6. The number of fused-ring (bicyclic) bond motifs is 10. The maximum atomic E-state index is 4.87. The van der Waals surface area contributed by atoms with Gasteiger partial charge in [0.05, 0.1) is 44.1 Å². The molecule has 0 bridgehead atoms. The summed E-state index contributed by atoms with van der Waals surface area (Å²) in [6.45, 7) is 0. The summed E-state index contributed by atoms with van der Waals surface area (Å²) in [6.07, 6.45) is 0. The number of hydrogen-bond donors (Lipinski definition) is 0. The molecule has 4 heterocycles. The van der Waals surface area contributed by atoms with Crippen LogP contribution in [0.15, 0.2) is 156 Å². The van der Waals surface area contributed by atoms with Crippen LogP contribution in [-0.4, -0.2) is 27.9 Å². The molecule has 10 aromatic rings. The van der Waals surface area contributed by atoms with Gasteiger partial charge in [0.25, 0.3) is 0 Å². The molecule has 10 rings (SSSR count). The topological polar surface area (TPSA) is 44.5 Å². The Kier molecular flexibility index (Phi) is 5.86. The SMILES string of the molecule is Brc1ccc2c(c1)n1c3ccccc3nc1n2-c1ccccc1.c1ccc(-n2c3ccccc3n3c4ccccc4nc23)cc1. The number of rotatable bonds is 2. The first kappa shape index (κ1) is 25.8. The van der Waals surface area contributed by atoms with Gasteiger partial charge in [0.1, 0.15) is 0 Å². The summed E-state index contributed by atoms with van der Waals surface area (Å²) in [5.74, 6) is 1.89. The molecular weight excluding hydrogens is 620 g/mol. The van der Waals surface area contributed by atoms with Crippen molar-refractivity contribution in [3.05, 3.63) is 156 Å². The van der Waals surface area contributed by atoms with Gasteiger partial charge >= 0.3 is 0 Å². The molecule has 0 atom stereocenters. The minimum absolute atomic E-state index is 0.936. The predicted octanol–water partition coefficient (Wildman–Crippen LogP) is 9.63. The minimum atomic E-state index is 0.936. The molecule has 214 valence electrons. The number of para-hydroxylation sites is 8. The maximum Gasteiger partial charge on any atom is 0.220 e. The van der Waals surface area contributed by atoms with Crippen LogP contribution in [0, 0.1) is 0 Å². The number of aromatic nitrogens is 6. The van der Waals surface area contributed by atoms with Crippen LogP contribution in [0.1, 0.15) is 0 Å². The van der Waals surface area contributed by atoms with Crippen LogP contribution in [0.5, 0.6) is 0 Å². The second-order valence-corrected chi connectivity index (χ2v) is 11.9. The number of benzene rings is 6. The van der Waals surface area contributed by atoms with Gasteiger partial charge in [-0.25, -0.2) is 9.97 Å². The molecule has 6 aromatic carbocycles. The Hall–Kier alpha value is -5.66. The largest absolute Gasteiger partial charge is 0.278 e. The first-order valence-corrected chi connectivity index (χ1v) is 15.6. The van der Waals surface area contributed by atoms with Crippen molar-refractivity contribution in [2.75, 3.05) is 0 Å². The Morgan fingerprint density at radius 3 is 1.36 bits per heavy atom. The van der Waals surface area contributed by atoms with E-state index in [1.165, 1.54) is 11.0 Å². The second-order valence-electron chi connectivity index (χ2n) is 10.9. The molecule has 0 aliphatic heterocycles. The van der Waals surface area contributed by atoms with E-state index in [1.54, 1.807) is 0 Å². The third-order valence-electron chi connectivity index (χ3n) is 8.30. The average molecular weight is 646 g/mol. The third kappa shape index (κ3) is 4.01. The molecule has 0 aliphatic carbocycles. The lowest BCUT2D eigenvalue weighted by molar-refractivity contribution is 1.11. The normalized spacial score (nSPS) is 11.7. The van der Waals surface area contributed by atoms with Crippen LogP contribution in [0.25, 0.3) is 67.1 Å². The zero-order chi connectivity index (χ0) is 29.9. The molecule has 0 spiro atoms. The lowest BCUT2D eigenvalue weighted by Crippen LogP contribution is -1.94. The molecule has 0 aliphatic rings. The minimum Gasteiger partial charge on any atom is -0.278 e. The van der Waals surface area contributed by atoms with E-state index < -0.39 is 0 Å². The molecule has 6 nitrogen and oxygen atoms in total. The van der Waals surface area contributed by atoms with Crippen LogP contribution in [-0.2, 0) is 0 Å². The fourth-order valence-electron chi connectivity index (χ4n) is 6.39. The molecule has 4 aromatic heterocycles. The fraction of sp³-hybridized carbons (Fsp3) is 0. The summed E-state index contributed by atoms with van der Waals surface area (Å²) in [6, 6.07) is 52.1. The third-order valence-corrected chi connectivity index (χ3v) is 8.79. The Balaban J connectivity index is 0.000000125. The van der Waals surface area contributed by atoms with Gasteiger partial charge < -0.3 is 0 Å². The molecular formula is C38H25BrN6. The van der Waals surface area contributed by atoms with Gasteiger partial charge in [0.15, 0.2) is 0 Å². The highest BCUT2D eigenvalue weighted by Crippen LogP contribution is 2.31. The number of imidazole rings is 4. The highest BCUT2D eigenvalue weighted by atomic mass is 79.9. The summed E-state index contributed by atoms with van der Waals surface area (Å²) in [4.78, 5) is 9.72. The van der Waals surface area contributed by atoms with E-state index in [-0.39, 0.29) is 0 Å². The molecule has 0 amide bonds. The van der Waals surface area contributed by atoms with E-state index in [4.69, 9.17) is 9.97 Å². The van der Waals surface area contributed by atoms with Gasteiger partial charge in [-0.15, -0.1) is 0 Å². The van der Waals surface area contributed by atoms with Crippen molar-refractivity contribution < 1.29 is 0 Å². The predicted molar refractivity (Wildman–Crippen MR) is 187 cm³/mol. The first-order chi connectivity index (χ1) is 22.3. The number of hydrogen-bond acceptors (Lipinski definition) is 2. The van der Waals surface area contributed by atoms with Crippen LogP contribution >= 0.6 is 15.9 Å². The van der Waals surface area contributed by atoms with Gasteiger partial charge in [-0.1, -0.05) is 88.7 Å².